The normalized spacial score (nSPS) is 19.7. The summed E-state index contributed by atoms with van der Waals surface area (Å²) in [6.07, 6.45) is 2.42. The molecule has 7 nitrogen and oxygen atoms in total. The molecule has 0 bridgehead atoms. The van der Waals surface area contributed by atoms with Gasteiger partial charge in [0.1, 0.15) is 5.82 Å². The number of hydrogen-bond acceptors (Lipinski definition) is 6. The highest BCUT2D eigenvalue weighted by Gasteiger charge is 2.32. The maximum atomic E-state index is 5.66. The van der Waals surface area contributed by atoms with Gasteiger partial charge in [-0.05, 0) is 57.7 Å². The molecule has 5 rings (SSSR count). The number of benzene rings is 1. The number of nitrogens with zero attached hydrogens (tertiary/aromatic N) is 6. The zero-order valence-electron chi connectivity index (χ0n) is 17.0. The first kappa shape index (κ1) is 18.2. The number of imidazole rings is 1. The lowest BCUT2D eigenvalue weighted by molar-refractivity contribution is 0.0987. The monoisotopic (exact) mass is 390 g/mol. The number of aryl methyl sites for hydroxylation is 1. The van der Waals surface area contributed by atoms with Gasteiger partial charge in [0.2, 0.25) is 0 Å². The molecule has 0 spiro atoms. The number of anilines is 1. The van der Waals surface area contributed by atoms with Gasteiger partial charge < -0.3 is 14.2 Å². The summed E-state index contributed by atoms with van der Waals surface area (Å²) in [6.45, 7) is 11.0. The molecule has 0 radical (unpaired) electrons. The molecular weight excluding hydrogens is 364 g/mol. The molecule has 2 aliphatic rings. The van der Waals surface area contributed by atoms with E-state index in [1.54, 1.807) is 0 Å². The van der Waals surface area contributed by atoms with Gasteiger partial charge in [-0.3, -0.25) is 4.99 Å². The van der Waals surface area contributed by atoms with Crippen molar-refractivity contribution >= 4 is 29.4 Å². The van der Waals surface area contributed by atoms with Crippen molar-refractivity contribution in [3.63, 3.8) is 0 Å². The molecule has 1 aliphatic carbocycles. The highest BCUT2D eigenvalue weighted by atomic mass is 16.5. The van der Waals surface area contributed by atoms with E-state index in [4.69, 9.17) is 19.7 Å². The van der Waals surface area contributed by atoms with Gasteiger partial charge in [-0.1, -0.05) is 0 Å². The van der Waals surface area contributed by atoms with E-state index in [0.717, 1.165) is 53.0 Å². The Labute approximate surface area is 170 Å². The van der Waals surface area contributed by atoms with Crippen molar-refractivity contribution in [1.82, 2.24) is 19.5 Å². The second-order valence-electron chi connectivity index (χ2n) is 7.85. The molecule has 1 aromatic carbocycles. The molecule has 2 aromatic heterocycles. The smallest absolute Gasteiger partial charge is 0.166 e. The zero-order valence-corrected chi connectivity index (χ0v) is 17.0. The van der Waals surface area contributed by atoms with Crippen molar-refractivity contribution in [2.24, 2.45) is 4.99 Å². The summed E-state index contributed by atoms with van der Waals surface area (Å²) >= 11 is 0. The Hall–Kier alpha value is -2.80. The highest BCUT2D eigenvalue weighted by Crippen LogP contribution is 2.42. The quantitative estimate of drug-likeness (QED) is 0.617. The number of ether oxygens (including phenoxy) is 1. The molecule has 150 valence electrons. The van der Waals surface area contributed by atoms with Crippen LogP contribution in [-0.4, -0.2) is 52.0 Å². The Kier molecular flexibility index (Phi) is 4.54. The molecular formula is C22H26N6O. The predicted octanol–water partition coefficient (Wildman–Crippen LogP) is 3.95. The molecule has 1 saturated heterocycles. The van der Waals surface area contributed by atoms with Crippen LogP contribution in [0.3, 0.4) is 0 Å². The lowest BCUT2D eigenvalue weighted by atomic mass is 10.2. The van der Waals surface area contributed by atoms with Gasteiger partial charge in [-0.2, -0.15) is 0 Å². The van der Waals surface area contributed by atoms with Crippen LogP contribution in [0.1, 0.15) is 38.4 Å². The van der Waals surface area contributed by atoms with E-state index < -0.39 is 0 Å². The molecule has 1 atom stereocenters. The number of aromatic nitrogens is 4. The summed E-state index contributed by atoms with van der Waals surface area (Å²) in [4.78, 5) is 21.3. The van der Waals surface area contributed by atoms with Crippen molar-refractivity contribution < 1.29 is 4.74 Å². The zero-order chi connectivity index (χ0) is 20.0. The third-order valence-electron chi connectivity index (χ3n) is 5.81. The minimum Gasteiger partial charge on any atom is -0.377 e. The van der Waals surface area contributed by atoms with Gasteiger partial charge in [0.05, 0.1) is 24.9 Å². The minimum absolute atomic E-state index is 0.248. The average Bonchev–Trinajstić information content (AvgIpc) is 3.54. The molecule has 29 heavy (non-hydrogen) atoms. The summed E-state index contributed by atoms with van der Waals surface area (Å²) in [6, 6.07) is 8.15. The minimum atomic E-state index is 0.248. The van der Waals surface area contributed by atoms with Crippen LogP contribution in [0.15, 0.2) is 29.3 Å². The number of morpholine rings is 1. The van der Waals surface area contributed by atoms with Gasteiger partial charge in [0, 0.05) is 24.6 Å². The molecule has 0 N–H and O–H groups in total. The Morgan fingerprint density at radius 2 is 1.97 bits per heavy atom. The second-order valence-corrected chi connectivity index (χ2v) is 7.85. The van der Waals surface area contributed by atoms with Crippen LogP contribution < -0.4 is 4.90 Å². The van der Waals surface area contributed by atoms with Crippen LogP contribution >= 0.6 is 0 Å². The van der Waals surface area contributed by atoms with Crippen LogP contribution in [0.25, 0.3) is 22.6 Å². The lowest BCUT2D eigenvalue weighted by Gasteiger charge is -2.34. The van der Waals surface area contributed by atoms with E-state index in [1.165, 1.54) is 12.8 Å². The second kappa shape index (κ2) is 7.22. The van der Waals surface area contributed by atoms with Crippen molar-refractivity contribution in [2.75, 3.05) is 24.7 Å². The molecule has 0 amide bonds. The number of aliphatic imine (C=N–C) groups is 1. The molecule has 1 saturated carbocycles. The van der Waals surface area contributed by atoms with Gasteiger partial charge >= 0.3 is 0 Å². The fraction of sp³-hybridized carbons (Fsp3) is 0.455. The maximum absolute atomic E-state index is 5.66. The van der Waals surface area contributed by atoms with Crippen LogP contribution in [0.5, 0.6) is 0 Å². The van der Waals surface area contributed by atoms with Crippen molar-refractivity contribution in [1.29, 1.82) is 0 Å². The van der Waals surface area contributed by atoms with E-state index in [9.17, 15) is 0 Å². The summed E-state index contributed by atoms with van der Waals surface area (Å²) in [5.74, 6) is 3.35. The molecule has 1 unspecified atom stereocenters. The largest absolute Gasteiger partial charge is 0.377 e. The van der Waals surface area contributed by atoms with Crippen molar-refractivity contribution in [3.05, 3.63) is 30.1 Å². The summed E-state index contributed by atoms with van der Waals surface area (Å²) < 4.78 is 7.93. The van der Waals surface area contributed by atoms with Crippen LogP contribution in [0.2, 0.25) is 0 Å². The maximum Gasteiger partial charge on any atom is 0.166 e. The van der Waals surface area contributed by atoms with E-state index in [-0.39, 0.29) is 6.04 Å². The first-order valence-corrected chi connectivity index (χ1v) is 10.4. The first-order chi connectivity index (χ1) is 14.2. The summed E-state index contributed by atoms with van der Waals surface area (Å²) in [5.41, 5.74) is 3.65. The molecule has 1 aliphatic heterocycles. The lowest BCUT2D eigenvalue weighted by Crippen LogP contribution is -2.44. The third kappa shape index (κ3) is 3.19. The molecule has 7 heteroatoms. The van der Waals surface area contributed by atoms with E-state index in [0.29, 0.717) is 19.1 Å². The Bertz CT molecular complexity index is 1050. The summed E-state index contributed by atoms with van der Waals surface area (Å²) in [5, 5.41) is 0. The Morgan fingerprint density at radius 1 is 1.17 bits per heavy atom. The van der Waals surface area contributed by atoms with Crippen molar-refractivity contribution in [2.45, 2.75) is 45.2 Å². The van der Waals surface area contributed by atoms with Crippen LogP contribution in [0, 0.1) is 0 Å². The third-order valence-corrected chi connectivity index (χ3v) is 5.81. The van der Waals surface area contributed by atoms with E-state index in [2.05, 4.69) is 35.0 Å². The molecule has 3 heterocycles. The van der Waals surface area contributed by atoms with Gasteiger partial charge in [-0.25, -0.2) is 15.0 Å². The van der Waals surface area contributed by atoms with E-state index >= 15 is 0 Å². The SMILES string of the molecule is C=Nc1ccc(-c2nc(N3CCOCC3C)c3nc(C4CC4)n(CC)c3n2)cc1. The van der Waals surface area contributed by atoms with Crippen molar-refractivity contribution in [3.8, 4) is 11.4 Å². The Morgan fingerprint density at radius 3 is 2.62 bits per heavy atom. The van der Waals surface area contributed by atoms with Gasteiger partial charge in [-0.15, -0.1) is 0 Å². The van der Waals surface area contributed by atoms with E-state index in [1.807, 2.05) is 24.3 Å². The van der Waals surface area contributed by atoms with Crippen LogP contribution in [-0.2, 0) is 11.3 Å². The Balaban J connectivity index is 1.72. The first-order valence-electron chi connectivity index (χ1n) is 10.4. The number of rotatable bonds is 5. The topological polar surface area (TPSA) is 68.4 Å². The highest BCUT2D eigenvalue weighted by molar-refractivity contribution is 5.86. The van der Waals surface area contributed by atoms with Crippen LogP contribution in [0.4, 0.5) is 11.5 Å². The predicted molar refractivity (Wildman–Crippen MR) is 115 cm³/mol. The van der Waals surface area contributed by atoms with Gasteiger partial charge in [0.25, 0.3) is 0 Å². The molecule has 3 aromatic rings. The van der Waals surface area contributed by atoms with Gasteiger partial charge in [0.15, 0.2) is 22.8 Å². The number of fused-ring (bicyclic) bond motifs is 1. The molecule has 2 fully saturated rings. The fourth-order valence-corrected chi connectivity index (χ4v) is 4.06. The number of hydrogen-bond donors (Lipinski definition) is 0. The summed E-state index contributed by atoms with van der Waals surface area (Å²) in [7, 11) is 0. The fourth-order valence-electron chi connectivity index (χ4n) is 4.06. The standard InChI is InChI=1S/C22H26N6O/c1-4-27-20(16-5-6-16)24-18-21(27)25-19(15-7-9-17(23-3)10-8-15)26-22(18)28-11-12-29-13-14(28)2/h7-10,14,16H,3-6,11-13H2,1-2H3. The average molecular weight is 390 g/mol.